The molecule has 1 fully saturated rings. The second-order valence-corrected chi connectivity index (χ2v) is 7.21. The standard InChI is InChI=1S/C13H18N2O5S/c1-20-11-5-3-9(7-11)14-10-4-6-12(15(16)17)13(8-10)21(2,18)19/h4,6,8-9,11,14H,3,5,7H2,1-2H3. The number of methoxy groups -OCH3 is 1. The van der Waals surface area contributed by atoms with E-state index in [1.165, 1.54) is 18.2 Å². The molecule has 8 heteroatoms. The zero-order valence-corrected chi connectivity index (χ0v) is 12.7. The van der Waals surface area contributed by atoms with Crippen LogP contribution >= 0.6 is 0 Å². The molecule has 0 aromatic heterocycles. The molecule has 0 radical (unpaired) electrons. The average molecular weight is 314 g/mol. The van der Waals surface area contributed by atoms with Gasteiger partial charge in [-0.25, -0.2) is 8.42 Å². The topological polar surface area (TPSA) is 98.5 Å². The minimum atomic E-state index is -3.66. The van der Waals surface area contributed by atoms with Crippen molar-refractivity contribution in [1.82, 2.24) is 0 Å². The Morgan fingerprint density at radius 2 is 2.10 bits per heavy atom. The Bertz CT molecular complexity index is 644. The first kappa shape index (κ1) is 15.7. The van der Waals surface area contributed by atoms with Crippen LogP contribution in [-0.4, -0.2) is 38.9 Å². The molecule has 7 nitrogen and oxygen atoms in total. The Morgan fingerprint density at radius 1 is 1.38 bits per heavy atom. The predicted molar refractivity (Wildman–Crippen MR) is 78.3 cm³/mol. The van der Waals surface area contributed by atoms with Gasteiger partial charge in [0.1, 0.15) is 4.90 Å². The second kappa shape index (κ2) is 5.98. The molecule has 1 aliphatic carbocycles. The van der Waals surface area contributed by atoms with Gasteiger partial charge in [0.15, 0.2) is 9.84 Å². The van der Waals surface area contributed by atoms with Crippen LogP contribution in [0, 0.1) is 10.1 Å². The average Bonchev–Trinajstić information content (AvgIpc) is 2.85. The molecule has 0 heterocycles. The Hall–Kier alpha value is -1.67. The number of nitro benzene ring substituents is 1. The Kier molecular flexibility index (Phi) is 4.48. The van der Waals surface area contributed by atoms with Crippen LogP contribution in [0.25, 0.3) is 0 Å². The van der Waals surface area contributed by atoms with Crippen LogP contribution < -0.4 is 5.32 Å². The first-order valence-corrected chi connectivity index (χ1v) is 8.48. The third kappa shape index (κ3) is 3.70. The summed E-state index contributed by atoms with van der Waals surface area (Å²) < 4.78 is 28.7. The van der Waals surface area contributed by atoms with Crippen LogP contribution in [-0.2, 0) is 14.6 Å². The van der Waals surface area contributed by atoms with E-state index in [0.717, 1.165) is 25.5 Å². The highest BCUT2D eigenvalue weighted by Gasteiger charge is 2.26. The molecule has 0 amide bonds. The molecule has 2 unspecified atom stereocenters. The van der Waals surface area contributed by atoms with E-state index in [9.17, 15) is 18.5 Å². The van der Waals surface area contributed by atoms with Crippen LogP contribution in [0.1, 0.15) is 19.3 Å². The third-order valence-electron chi connectivity index (χ3n) is 3.64. The minimum Gasteiger partial charge on any atom is -0.382 e. The fraction of sp³-hybridized carbons (Fsp3) is 0.538. The van der Waals surface area contributed by atoms with Crippen molar-refractivity contribution in [2.75, 3.05) is 18.7 Å². The SMILES string of the molecule is COC1CCC(Nc2ccc([N+](=O)[O-])c(S(C)(=O)=O)c2)C1. The monoisotopic (exact) mass is 314 g/mol. The van der Waals surface area contributed by atoms with E-state index in [4.69, 9.17) is 4.74 Å². The number of anilines is 1. The van der Waals surface area contributed by atoms with Crippen LogP contribution in [0.4, 0.5) is 11.4 Å². The summed E-state index contributed by atoms with van der Waals surface area (Å²) in [7, 11) is -1.99. The molecule has 2 rings (SSSR count). The van der Waals surface area contributed by atoms with Gasteiger partial charge < -0.3 is 10.1 Å². The van der Waals surface area contributed by atoms with Gasteiger partial charge >= 0.3 is 0 Å². The fourth-order valence-corrected chi connectivity index (χ4v) is 3.44. The van der Waals surface area contributed by atoms with Crippen LogP contribution in [0.3, 0.4) is 0 Å². The van der Waals surface area contributed by atoms with Crippen molar-refractivity contribution in [3.8, 4) is 0 Å². The van der Waals surface area contributed by atoms with E-state index in [-0.39, 0.29) is 17.0 Å². The summed E-state index contributed by atoms with van der Waals surface area (Å²) in [5.41, 5.74) is 0.173. The summed E-state index contributed by atoms with van der Waals surface area (Å²) in [6.07, 6.45) is 3.87. The van der Waals surface area contributed by atoms with Crippen LogP contribution in [0.2, 0.25) is 0 Å². The molecule has 1 saturated carbocycles. The normalized spacial score (nSPS) is 22.2. The number of benzene rings is 1. The lowest BCUT2D eigenvalue weighted by Crippen LogP contribution is -2.17. The second-order valence-electron chi connectivity index (χ2n) is 5.22. The van der Waals surface area contributed by atoms with Gasteiger partial charge in [0.2, 0.25) is 0 Å². The zero-order chi connectivity index (χ0) is 15.6. The molecule has 2 atom stereocenters. The number of rotatable bonds is 5. The van der Waals surface area contributed by atoms with Crippen LogP contribution in [0.15, 0.2) is 23.1 Å². The van der Waals surface area contributed by atoms with E-state index in [1.807, 2.05) is 0 Å². The summed E-state index contributed by atoms with van der Waals surface area (Å²) in [5, 5.41) is 14.1. The van der Waals surface area contributed by atoms with Crippen molar-refractivity contribution in [3.05, 3.63) is 28.3 Å². The van der Waals surface area contributed by atoms with Crippen molar-refractivity contribution in [2.24, 2.45) is 0 Å². The number of sulfone groups is 1. The number of nitro groups is 1. The lowest BCUT2D eigenvalue weighted by Gasteiger charge is -2.15. The van der Waals surface area contributed by atoms with E-state index < -0.39 is 20.4 Å². The molecule has 0 saturated heterocycles. The molecule has 0 bridgehead atoms. The lowest BCUT2D eigenvalue weighted by molar-refractivity contribution is -0.387. The number of ether oxygens (including phenoxy) is 1. The van der Waals surface area contributed by atoms with Gasteiger partial charge in [-0.3, -0.25) is 10.1 Å². The molecular weight excluding hydrogens is 296 g/mol. The lowest BCUT2D eigenvalue weighted by atomic mass is 10.2. The van der Waals surface area contributed by atoms with E-state index in [2.05, 4.69) is 5.32 Å². The Morgan fingerprint density at radius 3 is 2.62 bits per heavy atom. The summed E-state index contributed by atoms with van der Waals surface area (Å²) in [5.74, 6) is 0. The van der Waals surface area contributed by atoms with Gasteiger partial charge in [-0.15, -0.1) is 0 Å². The Balaban J connectivity index is 2.24. The molecule has 1 N–H and O–H groups in total. The maximum absolute atomic E-state index is 11.7. The first-order chi connectivity index (χ1) is 9.81. The van der Waals surface area contributed by atoms with Crippen LogP contribution in [0.5, 0.6) is 0 Å². The maximum Gasteiger partial charge on any atom is 0.288 e. The molecule has 1 aliphatic rings. The van der Waals surface area contributed by atoms with Crippen molar-refractivity contribution >= 4 is 21.2 Å². The van der Waals surface area contributed by atoms with Gasteiger partial charge in [-0.05, 0) is 31.4 Å². The quantitative estimate of drug-likeness (QED) is 0.659. The molecule has 1 aromatic carbocycles. The van der Waals surface area contributed by atoms with Gasteiger partial charge in [-0.1, -0.05) is 0 Å². The van der Waals surface area contributed by atoms with E-state index in [0.29, 0.717) is 5.69 Å². The zero-order valence-electron chi connectivity index (χ0n) is 11.9. The summed E-state index contributed by atoms with van der Waals surface area (Å²) >= 11 is 0. The Labute approximate surface area is 123 Å². The van der Waals surface area contributed by atoms with Crippen molar-refractivity contribution in [2.45, 2.75) is 36.3 Å². The van der Waals surface area contributed by atoms with E-state index in [1.54, 1.807) is 7.11 Å². The van der Waals surface area contributed by atoms with Crippen molar-refractivity contribution < 1.29 is 18.1 Å². The highest BCUT2D eigenvalue weighted by atomic mass is 32.2. The van der Waals surface area contributed by atoms with Gasteiger partial charge in [0, 0.05) is 31.2 Å². The molecule has 116 valence electrons. The number of nitrogens with one attached hydrogen (secondary N) is 1. The number of hydrogen-bond donors (Lipinski definition) is 1. The summed E-state index contributed by atoms with van der Waals surface area (Å²) in [6.45, 7) is 0. The maximum atomic E-state index is 11.7. The van der Waals surface area contributed by atoms with Gasteiger partial charge in [-0.2, -0.15) is 0 Å². The number of nitrogens with zero attached hydrogens (tertiary/aromatic N) is 1. The molecule has 21 heavy (non-hydrogen) atoms. The smallest absolute Gasteiger partial charge is 0.288 e. The first-order valence-electron chi connectivity index (χ1n) is 6.59. The molecule has 1 aromatic rings. The molecule has 0 spiro atoms. The fourth-order valence-electron chi connectivity index (χ4n) is 2.57. The van der Waals surface area contributed by atoms with Gasteiger partial charge in [0.05, 0.1) is 11.0 Å². The molecular formula is C13H18N2O5S. The largest absolute Gasteiger partial charge is 0.382 e. The third-order valence-corrected chi connectivity index (χ3v) is 4.77. The van der Waals surface area contributed by atoms with E-state index >= 15 is 0 Å². The minimum absolute atomic E-state index is 0.184. The van der Waals surface area contributed by atoms with Gasteiger partial charge in [0.25, 0.3) is 5.69 Å². The highest BCUT2D eigenvalue weighted by molar-refractivity contribution is 7.90. The molecule has 0 aliphatic heterocycles. The van der Waals surface area contributed by atoms with Crippen molar-refractivity contribution in [1.29, 1.82) is 0 Å². The van der Waals surface area contributed by atoms with Crippen molar-refractivity contribution in [3.63, 3.8) is 0 Å². The highest BCUT2D eigenvalue weighted by Crippen LogP contribution is 2.30. The predicted octanol–water partition coefficient (Wildman–Crippen LogP) is 1.98. The summed E-state index contributed by atoms with van der Waals surface area (Å²) in [4.78, 5) is 9.96. The number of hydrogen-bond acceptors (Lipinski definition) is 6. The summed E-state index contributed by atoms with van der Waals surface area (Å²) in [6, 6.07) is 4.27.